The maximum Gasteiger partial charge on any atom is 0.309 e. The molecule has 9 heteroatoms. The molecule has 0 aliphatic carbocycles. The van der Waals surface area contributed by atoms with Crippen LogP contribution in [0.2, 0.25) is 5.02 Å². The molecule has 3 heterocycles. The fraction of sp³-hybridized carbons (Fsp3) is 0.462. The summed E-state index contributed by atoms with van der Waals surface area (Å²) in [5.41, 5.74) is 0.0858. The van der Waals surface area contributed by atoms with Crippen molar-refractivity contribution in [3.63, 3.8) is 0 Å². The highest BCUT2D eigenvalue weighted by atomic mass is 35.5. The van der Waals surface area contributed by atoms with Crippen molar-refractivity contribution in [3.05, 3.63) is 52.5 Å². The number of hydrogen-bond acceptors (Lipinski definition) is 6. The van der Waals surface area contributed by atoms with Gasteiger partial charge in [0.1, 0.15) is 11.9 Å². The average Bonchev–Trinajstić information content (AvgIpc) is 3.39. The first-order valence-electron chi connectivity index (χ1n) is 11.8. The Morgan fingerprint density at radius 2 is 2.17 bits per heavy atom. The summed E-state index contributed by atoms with van der Waals surface area (Å²) in [6, 6.07) is 9.47. The Balaban J connectivity index is 1.35. The molecule has 0 saturated carbocycles. The summed E-state index contributed by atoms with van der Waals surface area (Å²) >= 11 is 9.98. The molecule has 4 rings (SSSR count). The number of carboxylic acid groups (broad SMARTS) is 1. The number of nitrogens with zero attached hydrogens (tertiary/aromatic N) is 2. The molecular weight excluding hydrogens is 507 g/mol. The van der Waals surface area contributed by atoms with Gasteiger partial charge < -0.3 is 14.7 Å². The van der Waals surface area contributed by atoms with Crippen molar-refractivity contribution in [1.29, 1.82) is 0 Å². The minimum Gasteiger partial charge on any atom is -0.497 e. The number of thioether (sulfide) groups is 1. The number of carbonyl (C=O) groups is 1. The van der Waals surface area contributed by atoms with Gasteiger partial charge in [0, 0.05) is 22.9 Å². The maximum atomic E-state index is 15.6. The summed E-state index contributed by atoms with van der Waals surface area (Å²) in [5, 5.41) is 13.0. The first-order chi connectivity index (χ1) is 16.9. The van der Waals surface area contributed by atoms with Crippen LogP contribution in [0.1, 0.15) is 43.8 Å². The zero-order valence-corrected chi connectivity index (χ0v) is 22.1. The topological polar surface area (TPSA) is 62.7 Å². The predicted molar refractivity (Wildman–Crippen MR) is 142 cm³/mol. The van der Waals surface area contributed by atoms with Gasteiger partial charge in [-0.05, 0) is 81.4 Å². The lowest BCUT2D eigenvalue weighted by molar-refractivity contribution is -0.153. The van der Waals surface area contributed by atoms with E-state index in [9.17, 15) is 9.90 Å². The SMILES string of the molecule is COc1ccc2ncc(Cl)c(C(F)CCC3(C(=O)O)CCN(CCCSc4cccs4)CC3)c2c1. The number of halogens is 2. The highest BCUT2D eigenvalue weighted by Gasteiger charge is 2.41. The molecule has 1 fully saturated rings. The number of rotatable bonds is 11. The van der Waals surface area contributed by atoms with Crippen LogP contribution >= 0.6 is 34.7 Å². The second-order valence-electron chi connectivity index (χ2n) is 8.97. The van der Waals surface area contributed by atoms with Crippen LogP contribution in [0.15, 0.2) is 46.1 Å². The number of piperidine rings is 1. The van der Waals surface area contributed by atoms with Crippen LogP contribution in [0.4, 0.5) is 4.39 Å². The Bertz CT molecular complexity index is 1140. The molecule has 0 bridgehead atoms. The number of fused-ring (bicyclic) bond motifs is 1. The van der Waals surface area contributed by atoms with Gasteiger partial charge >= 0.3 is 5.97 Å². The average molecular weight is 537 g/mol. The Kier molecular flexibility index (Phi) is 8.92. The lowest BCUT2D eigenvalue weighted by Crippen LogP contribution is -2.44. The van der Waals surface area contributed by atoms with Crippen molar-refractivity contribution in [3.8, 4) is 5.75 Å². The summed E-state index contributed by atoms with van der Waals surface area (Å²) in [6.07, 6.45) is 2.57. The Labute approximate surface area is 218 Å². The standard InChI is InChI=1S/C26H30ClFN2O3S2/c1-33-18-5-6-22-19(16-18)24(20(27)17-29-22)21(28)7-8-26(25(31)32)9-12-30(13-10-26)11-3-15-35-23-4-2-14-34-23/h2,4-6,14,16-17,21H,3,7-13,15H2,1H3,(H,31,32). The molecule has 1 unspecified atom stereocenters. The molecule has 1 aliphatic rings. The third kappa shape index (κ3) is 6.28. The lowest BCUT2D eigenvalue weighted by Gasteiger charge is -2.39. The fourth-order valence-electron chi connectivity index (χ4n) is 4.74. The molecular formula is C26H30ClFN2O3S2. The molecule has 1 atom stereocenters. The van der Waals surface area contributed by atoms with Gasteiger partial charge in [0.05, 0.1) is 27.3 Å². The van der Waals surface area contributed by atoms with Gasteiger partial charge in [0.15, 0.2) is 0 Å². The van der Waals surface area contributed by atoms with Crippen LogP contribution < -0.4 is 4.74 Å². The predicted octanol–water partition coefficient (Wildman–Crippen LogP) is 7.10. The molecule has 0 radical (unpaired) electrons. The van der Waals surface area contributed by atoms with E-state index in [2.05, 4.69) is 27.4 Å². The largest absolute Gasteiger partial charge is 0.497 e. The smallest absolute Gasteiger partial charge is 0.309 e. The van der Waals surface area contributed by atoms with Crippen LogP contribution in [0.25, 0.3) is 10.9 Å². The van der Waals surface area contributed by atoms with E-state index in [1.165, 1.54) is 10.4 Å². The van der Waals surface area contributed by atoms with Crippen LogP contribution in [0.5, 0.6) is 5.75 Å². The van der Waals surface area contributed by atoms with Crippen LogP contribution in [0, 0.1) is 5.41 Å². The number of thiophene rings is 1. The third-order valence-electron chi connectivity index (χ3n) is 6.88. The van der Waals surface area contributed by atoms with Gasteiger partial charge in [-0.25, -0.2) is 4.39 Å². The minimum atomic E-state index is -1.39. The third-order valence-corrected chi connectivity index (χ3v) is 9.40. The maximum absolute atomic E-state index is 15.6. The first kappa shape index (κ1) is 26.2. The zero-order valence-electron chi connectivity index (χ0n) is 19.7. The molecule has 1 aromatic carbocycles. The van der Waals surface area contributed by atoms with E-state index in [0.717, 1.165) is 31.8 Å². The Morgan fingerprint density at radius 3 is 2.86 bits per heavy atom. The van der Waals surface area contributed by atoms with E-state index < -0.39 is 17.6 Å². The number of likely N-dealkylation sites (tertiary alicyclic amines) is 1. The van der Waals surface area contributed by atoms with Crippen molar-refractivity contribution in [2.75, 3.05) is 32.5 Å². The van der Waals surface area contributed by atoms with Crippen molar-refractivity contribution < 1.29 is 19.0 Å². The van der Waals surface area contributed by atoms with E-state index in [1.807, 2.05) is 11.8 Å². The summed E-state index contributed by atoms with van der Waals surface area (Å²) in [4.78, 5) is 18.9. The van der Waals surface area contributed by atoms with E-state index in [1.54, 1.807) is 36.6 Å². The van der Waals surface area contributed by atoms with Crippen LogP contribution in [0.3, 0.4) is 0 Å². The van der Waals surface area contributed by atoms with Gasteiger partial charge in [0.2, 0.25) is 0 Å². The van der Waals surface area contributed by atoms with Gasteiger partial charge in [-0.2, -0.15) is 0 Å². The first-order valence-corrected chi connectivity index (χ1v) is 14.0. The Hall–Kier alpha value is -1.87. The summed E-state index contributed by atoms with van der Waals surface area (Å²) < 4.78 is 22.2. The molecule has 1 saturated heterocycles. The van der Waals surface area contributed by atoms with Gasteiger partial charge in [-0.3, -0.25) is 9.78 Å². The molecule has 1 aliphatic heterocycles. The number of aliphatic carboxylic acids is 1. The van der Waals surface area contributed by atoms with E-state index in [0.29, 0.717) is 35.1 Å². The van der Waals surface area contributed by atoms with Crippen molar-refractivity contribution in [2.24, 2.45) is 5.41 Å². The molecule has 35 heavy (non-hydrogen) atoms. The van der Waals surface area contributed by atoms with Gasteiger partial charge in [0.25, 0.3) is 0 Å². The summed E-state index contributed by atoms with van der Waals surface area (Å²) in [5.74, 6) is 0.818. The monoisotopic (exact) mass is 536 g/mol. The van der Waals surface area contributed by atoms with Crippen molar-refractivity contribution in [2.45, 2.75) is 42.5 Å². The van der Waals surface area contributed by atoms with E-state index in [4.69, 9.17) is 16.3 Å². The number of pyridine rings is 1. The highest BCUT2D eigenvalue weighted by Crippen LogP contribution is 2.42. The minimum absolute atomic E-state index is 0.0970. The molecule has 5 nitrogen and oxygen atoms in total. The lowest BCUT2D eigenvalue weighted by atomic mass is 9.74. The fourth-order valence-corrected chi connectivity index (χ4v) is 6.80. The number of carboxylic acids is 1. The number of aromatic nitrogens is 1. The van der Waals surface area contributed by atoms with E-state index >= 15 is 4.39 Å². The summed E-state index contributed by atoms with van der Waals surface area (Å²) in [7, 11) is 1.55. The van der Waals surface area contributed by atoms with Crippen molar-refractivity contribution >= 4 is 51.6 Å². The molecule has 0 spiro atoms. The molecule has 188 valence electrons. The van der Waals surface area contributed by atoms with Crippen LogP contribution in [-0.4, -0.2) is 53.5 Å². The number of benzene rings is 1. The second-order valence-corrected chi connectivity index (χ2v) is 11.7. The van der Waals surface area contributed by atoms with E-state index in [-0.39, 0.29) is 17.9 Å². The molecule has 3 aromatic rings. The Morgan fingerprint density at radius 1 is 1.37 bits per heavy atom. The number of alkyl halides is 1. The van der Waals surface area contributed by atoms with Gasteiger partial charge in [-0.1, -0.05) is 17.7 Å². The highest BCUT2D eigenvalue weighted by molar-refractivity contribution is 8.01. The van der Waals surface area contributed by atoms with Crippen LogP contribution in [-0.2, 0) is 4.79 Å². The normalized spacial score (nSPS) is 16.9. The van der Waals surface area contributed by atoms with Crippen molar-refractivity contribution in [1.82, 2.24) is 9.88 Å². The molecule has 1 N–H and O–H groups in total. The number of methoxy groups -OCH3 is 1. The molecule has 0 amide bonds. The summed E-state index contributed by atoms with van der Waals surface area (Å²) in [6.45, 7) is 2.41. The number of ether oxygens (including phenoxy) is 1. The van der Waals surface area contributed by atoms with Gasteiger partial charge in [-0.15, -0.1) is 23.1 Å². The second kappa shape index (κ2) is 11.9. The molecule has 2 aromatic heterocycles. The number of hydrogen-bond donors (Lipinski definition) is 1. The quantitative estimate of drug-likeness (QED) is 0.208. The zero-order chi connectivity index (χ0) is 24.8.